The van der Waals surface area contributed by atoms with Crippen LogP contribution in [0.15, 0.2) is 53.8 Å². The molecule has 0 radical (unpaired) electrons. The van der Waals surface area contributed by atoms with Crippen molar-refractivity contribution in [2.24, 2.45) is 4.99 Å². The van der Waals surface area contributed by atoms with Gasteiger partial charge in [0, 0.05) is 30.2 Å². The van der Waals surface area contributed by atoms with Gasteiger partial charge in [-0.3, -0.25) is 20.0 Å². The van der Waals surface area contributed by atoms with E-state index in [2.05, 4.69) is 17.0 Å². The average Bonchev–Trinajstić information content (AvgIpc) is 2.52. The fourth-order valence-electron chi connectivity index (χ4n) is 1.26. The number of hydrogen-bond donors (Lipinski definition) is 2. The lowest BCUT2D eigenvalue weighted by Gasteiger charge is -1.99. The quantitative estimate of drug-likeness (QED) is 0.451. The summed E-state index contributed by atoms with van der Waals surface area (Å²) < 4.78 is 0. The van der Waals surface area contributed by atoms with Crippen LogP contribution in [0.5, 0.6) is 0 Å². The summed E-state index contributed by atoms with van der Waals surface area (Å²) in [4.78, 5) is 26.2. The highest BCUT2D eigenvalue weighted by atomic mass is 16.1. The molecular weight excluding hydrogens is 268 g/mol. The van der Waals surface area contributed by atoms with Gasteiger partial charge in [0.1, 0.15) is 5.71 Å². The Morgan fingerprint density at radius 2 is 1.86 bits per heavy atom. The number of hydrogen-bond acceptors (Lipinski definition) is 6. The first kappa shape index (κ1) is 15.7. The number of ketones is 2. The van der Waals surface area contributed by atoms with E-state index in [9.17, 15) is 9.59 Å². The van der Waals surface area contributed by atoms with Crippen molar-refractivity contribution in [3.05, 3.63) is 54.4 Å². The third-order valence-corrected chi connectivity index (χ3v) is 2.32. The molecular formula is C15H12N4O2. The monoisotopic (exact) mass is 280 g/mol. The molecule has 0 aliphatic carbocycles. The molecule has 0 aliphatic heterocycles. The Kier molecular flexibility index (Phi) is 5.96. The Morgan fingerprint density at radius 1 is 1.24 bits per heavy atom. The SMILES string of the molecule is C=NC=CC(=O)C(=N)C(=O)C=CNc1ccc(C#N)cc1. The van der Waals surface area contributed by atoms with Crippen LogP contribution in [0.25, 0.3) is 0 Å². The lowest BCUT2D eigenvalue weighted by atomic mass is 10.1. The van der Waals surface area contributed by atoms with E-state index in [4.69, 9.17) is 10.7 Å². The molecule has 1 rings (SSSR count). The van der Waals surface area contributed by atoms with E-state index in [1.165, 1.54) is 6.20 Å². The number of benzene rings is 1. The molecule has 1 aromatic rings. The van der Waals surface area contributed by atoms with Gasteiger partial charge in [-0.25, -0.2) is 0 Å². The van der Waals surface area contributed by atoms with E-state index in [0.717, 1.165) is 18.4 Å². The number of carbonyl (C=O) groups excluding carboxylic acids is 2. The van der Waals surface area contributed by atoms with Crippen molar-refractivity contribution >= 4 is 29.7 Å². The lowest BCUT2D eigenvalue weighted by Crippen LogP contribution is -2.19. The van der Waals surface area contributed by atoms with Gasteiger partial charge < -0.3 is 5.32 Å². The second kappa shape index (κ2) is 7.96. The van der Waals surface area contributed by atoms with Crippen LogP contribution >= 0.6 is 0 Å². The highest BCUT2D eigenvalue weighted by Crippen LogP contribution is 2.08. The number of anilines is 1. The van der Waals surface area contributed by atoms with Gasteiger partial charge in [-0.1, -0.05) is 0 Å². The number of aliphatic imine (C=N–C) groups is 1. The van der Waals surface area contributed by atoms with E-state index in [1.54, 1.807) is 24.3 Å². The molecule has 0 aliphatic rings. The molecule has 0 unspecified atom stereocenters. The number of nitrogens with zero attached hydrogens (tertiary/aromatic N) is 2. The molecule has 1 aromatic carbocycles. The number of nitrogens with one attached hydrogen (secondary N) is 2. The van der Waals surface area contributed by atoms with Crippen molar-refractivity contribution in [1.82, 2.24) is 0 Å². The minimum Gasteiger partial charge on any atom is -0.362 e. The minimum atomic E-state index is -0.740. The van der Waals surface area contributed by atoms with E-state index < -0.39 is 17.3 Å². The van der Waals surface area contributed by atoms with Gasteiger partial charge in [0.25, 0.3) is 0 Å². The normalized spacial score (nSPS) is 10.2. The van der Waals surface area contributed by atoms with E-state index >= 15 is 0 Å². The third kappa shape index (κ3) is 5.04. The Balaban J connectivity index is 2.59. The van der Waals surface area contributed by atoms with Gasteiger partial charge in [-0.05, 0) is 31.0 Å². The molecule has 2 N–H and O–H groups in total. The molecule has 0 fully saturated rings. The Labute approximate surface area is 121 Å². The van der Waals surface area contributed by atoms with Crippen molar-refractivity contribution in [3.8, 4) is 6.07 Å². The summed E-state index contributed by atoms with van der Waals surface area (Å²) in [5.74, 6) is -1.47. The Bertz CT molecular complexity index is 664. The largest absolute Gasteiger partial charge is 0.362 e. The van der Waals surface area contributed by atoms with Crippen molar-refractivity contribution < 1.29 is 9.59 Å². The highest BCUT2D eigenvalue weighted by Gasteiger charge is 2.12. The summed E-state index contributed by atoms with van der Waals surface area (Å²) in [5.41, 5.74) is 0.537. The van der Waals surface area contributed by atoms with Crippen molar-refractivity contribution in [3.63, 3.8) is 0 Å². The highest BCUT2D eigenvalue weighted by molar-refractivity contribution is 6.69. The van der Waals surface area contributed by atoms with Crippen molar-refractivity contribution in [2.45, 2.75) is 0 Å². The summed E-state index contributed by atoms with van der Waals surface area (Å²) in [6.45, 7) is 3.14. The molecule has 0 amide bonds. The van der Waals surface area contributed by atoms with Crippen LogP contribution < -0.4 is 5.32 Å². The summed E-state index contributed by atoms with van der Waals surface area (Å²) in [7, 11) is 0. The first-order chi connectivity index (χ1) is 10.1. The van der Waals surface area contributed by atoms with Crippen LogP contribution in [-0.2, 0) is 9.59 Å². The molecule has 0 aromatic heterocycles. The molecule has 0 heterocycles. The average molecular weight is 280 g/mol. The van der Waals surface area contributed by atoms with E-state index in [0.29, 0.717) is 11.3 Å². The van der Waals surface area contributed by atoms with E-state index in [-0.39, 0.29) is 0 Å². The first-order valence-electron chi connectivity index (χ1n) is 5.81. The molecule has 0 spiro atoms. The Hall–Kier alpha value is -3.33. The second-order valence-corrected chi connectivity index (χ2v) is 3.77. The van der Waals surface area contributed by atoms with E-state index in [1.807, 2.05) is 6.07 Å². The van der Waals surface area contributed by atoms with Crippen LogP contribution in [0, 0.1) is 16.7 Å². The van der Waals surface area contributed by atoms with Crippen LogP contribution in [0.2, 0.25) is 0 Å². The molecule has 0 bridgehead atoms. The minimum absolute atomic E-state index is 0.524. The molecule has 6 heteroatoms. The zero-order valence-electron chi connectivity index (χ0n) is 11.0. The zero-order valence-corrected chi connectivity index (χ0v) is 11.0. The number of carbonyl (C=O) groups is 2. The molecule has 21 heavy (non-hydrogen) atoms. The van der Waals surface area contributed by atoms with Crippen LogP contribution in [0.4, 0.5) is 5.69 Å². The van der Waals surface area contributed by atoms with Crippen LogP contribution in [0.1, 0.15) is 5.56 Å². The number of nitriles is 1. The Morgan fingerprint density at radius 3 is 2.43 bits per heavy atom. The maximum Gasteiger partial charge on any atom is 0.209 e. The molecule has 0 saturated heterocycles. The first-order valence-corrected chi connectivity index (χ1v) is 5.81. The molecule has 6 nitrogen and oxygen atoms in total. The van der Waals surface area contributed by atoms with Crippen LogP contribution in [-0.4, -0.2) is 24.0 Å². The van der Waals surface area contributed by atoms with Gasteiger partial charge >= 0.3 is 0 Å². The fraction of sp³-hybridized carbons (Fsp3) is 0. The van der Waals surface area contributed by atoms with Gasteiger partial charge in [0.05, 0.1) is 11.6 Å². The van der Waals surface area contributed by atoms with Crippen molar-refractivity contribution in [2.75, 3.05) is 5.32 Å². The fourth-order valence-corrected chi connectivity index (χ4v) is 1.26. The zero-order chi connectivity index (χ0) is 15.7. The van der Waals surface area contributed by atoms with Gasteiger partial charge in [0.2, 0.25) is 11.6 Å². The summed E-state index contributed by atoms with van der Waals surface area (Å²) in [6.07, 6.45) is 4.51. The molecule has 0 atom stereocenters. The predicted octanol–water partition coefficient (Wildman–Crippen LogP) is 1.86. The summed E-state index contributed by atoms with van der Waals surface area (Å²) in [5, 5.41) is 18.8. The van der Waals surface area contributed by atoms with Crippen LogP contribution in [0.3, 0.4) is 0 Å². The van der Waals surface area contributed by atoms with Gasteiger partial charge in [0.15, 0.2) is 0 Å². The summed E-state index contributed by atoms with van der Waals surface area (Å²) >= 11 is 0. The molecule has 104 valence electrons. The maximum absolute atomic E-state index is 11.5. The maximum atomic E-state index is 11.5. The second-order valence-electron chi connectivity index (χ2n) is 3.77. The van der Waals surface area contributed by atoms with Gasteiger partial charge in [-0.2, -0.15) is 5.26 Å². The van der Waals surface area contributed by atoms with Gasteiger partial charge in [-0.15, -0.1) is 0 Å². The smallest absolute Gasteiger partial charge is 0.209 e. The number of rotatable bonds is 7. The predicted molar refractivity (Wildman–Crippen MR) is 80.3 cm³/mol. The lowest BCUT2D eigenvalue weighted by molar-refractivity contribution is -0.112. The topological polar surface area (TPSA) is 106 Å². The molecule has 0 saturated carbocycles. The standard InChI is InChI=1S/C15H12N4O2/c1-18-8-6-13(20)15(17)14(21)7-9-19-12-4-2-11(10-16)3-5-12/h2-9,17,19H,1H2. The number of allylic oxidation sites excluding steroid dienone is 2. The van der Waals surface area contributed by atoms with Crippen molar-refractivity contribution in [1.29, 1.82) is 10.7 Å². The summed E-state index contributed by atoms with van der Waals surface area (Å²) in [6, 6.07) is 8.57. The third-order valence-electron chi connectivity index (χ3n) is 2.32.